The SMILES string of the molecule is O=C(c1ccc2ccccc2c1)N1CCCC1c1ccc2c(c1)OCCCO2. The molecule has 142 valence electrons. The third-order valence-electron chi connectivity index (χ3n) is 5.67. The van der Waals surface area contributed by atoms with E-state index in [0.717, 1.165) is 59.2 Å². The zero-order valence-corrected chi connectivity index (χ0v) is 15.8. The van der Waals surface area contributed by atoms with Crippen LogP contribution in [0.15, 0.2) is 60.7 Å². The summed E-state index contributed by atoms with van der Waals surface area (Å²) in [5.41, 5.74) is 1.87. The van der Waals surface area contributed by atoms with Crippen molar-refractivity contribution in [1.82, 2.24) is 4.90 Å². The highest BCUT2D eigenvalue weighted by atomic mass is 16.5. The number of carbonyl (C=O) groups is 1. The minimum atomic E-state index is 0.0797. The minimum absolute atomic E-state index is 0.0797. The van der Waals surface area contributed by atoms with Gasteiger partial charge in [0.1, 0.15) is 0 Å². The quantitative estimate of drug-likeness (QED) is 0.636. The van der Waals surface area contributed by atoms with E-state index in [1.165, 1.54) is 0 Å². The Morgan fingerprint density at radius 2 is 1.68 bits per heavy atom. The van der Waals surface area contributed by atoms with Gasteiger partial charge in [0.25, 0.3) is 5.91 Å². The Morgan fingerprint density at radius 3 is 2.57 bits per heavy atom. The molecular weight excluding hydrogens is 350 g/mol. The molecule has 0 aliphatic carbocycles. The molecule has 0 spiro atoms. The van der Waals surface area contributed by atoms with E-state index in [1.807, 2.05) is 41.3 Å². The van der Waals surface area contributed by atoms with Crippen LogP contribution in [0, 0.1) is 0 Å². The van der Waals surface area contributed by atoms with E-state index in [1.54, 1.807) is 0 Å². The fraction of sp³-hybridized carbons (Fsp3) is 0.292. The van der Waals surface area contributed by atoms with Crippen molar-refractivity contribution in [2.45, 2.75) is 25.3 Å². The lowest BCUT2D eigenvalue weighted by molar-refractivity contribution is 0.0735. The van der Waals surface area contributed by atoms with Crippen LogP contribution < -0.4 is 9.47 Å². The number of carbonyl (C=O) groups excluding carboxylic acids is 1. The number of nitrogens with zero attached hydrogens (tertiary/aromatic N) is 1. The first-order chi connectivity index (χ1) is 13.8. The second-order valence-electron chi connectivity index (χ2n) is 7.48. The fourth-order valence-electron chi connectivity index (χ4n) is 4.23. The van der Waals surface area contributed by atoms with Gasteiger partial charge in [-0.1, -0.05) is 36.4 Å². The molecule has 5 rings (SSSR count). The molecular formula is C24H23NO3. The molecule has 1 atom stereocenters. The second-order valence-corrected chi connectivity index (χ2v) is 7.48. The van der Waals surface area contributed by atoms with Crippen LogP contribution in [-0.2, 0) is 0 Å². The Hall–Kier alpha value is -3.01. The van der Waals surface area contributed by atoms with Gasteiger partial charge in [0.2, 0.25) is 0 Å². The van der Waals surface area contributed by atoms with Gasteiger partial charge in [-0.3, -0.25) is 4.79 Å². The monoisotopic (exact) mass is 373 g/mol. The summed E-state index contributed by atoms with van der Waals surface area (Å²) in [7, 11) is 0. The van der Waals surface area contributed by atoms with Crippen LogP contribution in [0.3, 0.4) is 0 Å². The van der Waals surface area contributed by atoms with E-state index < -0.39 is 0 Å². The summed E-state index contributed by atoms with van der Waals surface area (Å²) in [6, 6.07) is 20.3. The molecule has 0 radical (unpaired) electrons. The van der Waals surface area contributed by atoms with E-state index in [2.05, 4.69) is 24.3 Å². The van der Waals surface area contributed by atoms with E-state index in [9.17, 15) is 4.79 Å². The maximum absolute atomic E-state index is 13.3. The largest absolute Gasteiger partial charge is 0.490 e. The number of rotatable bonds is 2. The maximum Gasteiger partial charge on any atom is 0.254 e. The fourth-order valence-corrected chi connectivity index (χ4v) is 4.23. The number of hydrogen-bond acceptors (Lipinski definition) is 3. The summed E-state index contributed by atoms with van der Waals surface area (Å²) in [6.45, 7) is 2.13. The van der Waals surface area contributed by atoms with E-state index in [4.69, 9.17) is 9.47 Å². The average molecular weight is 373 g/mol. The smallest absolute Gasteiger partial charge is 0.254 e. The van der Waals surface area contributed by atoms with Crippen molar-refractivity contribution in [1.29, 1.82) is 0 Å². The molecule has 0 saturated carbocycles. The van der Waals surface area contributed by atoms with Crippen molar-refractivity contribution < 1.29 is 14.3 Å². The molecule has 1 amide bonds. The number of hydrogen-bond donors (Lipinski definition) is 0. The van der Waals surface area contributed by atoms with Crippen LogP contribution in [0.25, 0.3) is 10.8 Å². The molecule has 1 saturated heterocycles. The zero-order chi connectivity index (χ0) is 18.9. The number of ether oxygens (including phenoxy) is 2. The molecule has 4 nitrogen and oxygen atoms in total. The van der Waals surface area contributed by atoms with Crippen LogP contribution >= 0.6 is 0 Å². The summed E-state index contributed by atoms with van der Waals surface area (Å²) in [6.07, 6.45) is 2.87. The van der Waals surface area contributed by atoms with E-state index in [0.29, 0.717) is 13.2 Å². The number of fused-ring (bicyclic) bond motifs is 2. The molecule has 0 N–H and O–H groups in total. The number of amides is 1. The van der Waals surface area contributed by atoms with Gasteiger partial charge in [-0.25, -0.2) is 0 Å². The van der Waals surface area contributed by atoms with Crippen molar-refractivity contribution in [3.05, 3.63) is 71.8 Å². The highest BCUT2D eigenvalue weighted by molar-refractivity contribution is 5.99. The van der Waals surface area contributed by atoms with Crippen LogP contribution in [0.4, 0.5) is 0 Å². The first-order valence-electron chi connectivity index (χ1n) is 9.99. The summed E-state index contributed by atoms with van der Waals surface area (Å²) in [5.74, 6) is 1.69. The van der Waals surface area contributed by atoms with Crippen molar-refractivity contribution in [2.75, 3.05) is 19.8 Å². The van der Waals surface area contributed by atoms with Crippen LogP contribution in [-0.4, -0.2) is 30.6 Å². The standard InChI is InChI=1S/C24H23NO3/c26-24(20-9-8-17-5-1-2-6-18(17)15-20)25-12-3-7-21(25)19-10-11-22-23(16-19)28-14-4-13-27-22/h1-2,5-6,8-11,15-16,21H,3-4,7,12-14H2. The van der Waals surface area contributed by atoms with Gasteiger partial charge in [0.05, 0.1) is 19.3 Å². The van der Waals surface area contributed by atoms with Gasteiger partial charge >= 0.3 is 0 Å². The molecule has 1 fully saturated rings. The van der Waals surface area contributed by atoms with E-state index >= 15 is 0 Å². The molecule has 2 aliphatic heterocycles. The Morgan fingerprint density at radius 1 is 0.857 bits per heavy atom. The Labute approximate surface area is 164 Å². The first-order valence-corrected chi connectivity index (χ1v) is 9.99. The highest BCUT2D eigenvalue weighted by Gasteiger charge is 2.31. The van der Waals surface area contributed by atoms with Crippen molar-refractivity contribution in [3.8, 4) is 11.5 Å². The predicted molar refractivity (Wildman–Crippen MR) is 109 cm³/mol. The van der Waals surface area contributed by atoms with Gasteiger partial charge in [-0.2, -0.15) is 0 Å². The lowest BCUT2D eigenvalue weighted by atomic mass is 10.0. The van der Waals surface area contributed by atoms with Gasteiger partial charge < -0.3 is 14.4 Å². The molecule has 4 heteroatoms. The summed E-state index contributed by atoms with van der Waals surface area (Å²) >= 11 is 0. The average Bonchev–Trinajstić information content (AvgIpc) is 3.11. The third kappa shape index (κ3) is 3.09. The predicted octanol–water partition coefficient (Wildman–Crippen LogP) is 4.98. The van der Waals surface area contributed by atoms with Crippen molar-refractivity contribution in [2.24, 2.45) is 0 Å². The Kier molecular flexibility index (Phi) is 4.40. The minimum Gasteiger partial charge on any atom is -0.490 e. The van der Waals surface area contributed by atoms with Crippen LogP contribution in [0.2, 0.25) is 0 Å². The van der Waals surface area contributed by atoms with Gasteiger partial charge in [-0.15, -0.1) is 0 Å². The molecule has 3 aromatic rings. The second kappa shape index (κ2) is 7.19. The maximum atomic E-state index is 13.3. The molecule has 28 heavy (non-hydrogen) atoms. The Balaban J connectivity index is 1.44. The summed E-state index contributed by atoms with van der Waals surface area (Å²) in [4.78, 5) is 15.3. The van der Waals surface area contributed by atoms with Gasteiger partial charge in [-0.05, 0) is 53.4 Å². The molecule has 0 aromatic heterocycles. The van der Waals surface area contributed by atoms with E-state index in [-0.39, 0.29) is 11.9 Å². The van der Waals surface area contributed by atoms with Gasteiger partial charge in [0, 0.05) is 18.5 Å². The summed E-state index contributed by atoms with van der Waals surface area (Å²) in [5, 5.41) is 2.25. The number of benzene rings is 3. The molecule has 2 aliphatic rings. The third-order valence-corrected chi connectivity index (χ3v) is 5.67. The molecule has 3 aromatic carbocycles. The molecule has 2 heterocycles. The lowest BCUT2D eigenvalue weighted by Crippen LogP contribution is -2.30. The van der Waals surface area contributed by atoms with Gasteiger partial charge in [0.15, 0.2) is 11.5 Å². The summed E-state index contributed by atoms with van der Waals surface area (Å²) < 4.78 is 11.6. The van der Waals surface area contributed by atoms with Crippen LogP contribution in [0.1, 0.15) is 41.2 Å². The topological polar surface area (TPSA) is 38.8 Å². The normalized spacial score (nSPS) is 18.9. The highest BCUT2D eigenvalue weighted by Crippen LogP contribution is 2.38. The van der Waals surface area contributed by atoms with Crippen molar-refractivity contribution >= 4 is 16.7 Å². The lowest BCUT2D eigenvalue weighted by Gasteiger charge is -2.26. The van der Waals surface area contributed by atoms with Crippen LogP contribution in [0.5, 0.6) is 11.5 Å². The first kappa shape index (κ1) is 17.1. The molecule has 0 bridgehead atoms. The van der Waals surface area contributed by atoms with Crippen molar-refractivity contribution in [3.63, 3.8) is 0 Å². The Bertz CT molecular complexity index is 1030. The number of likely N-dealkylation sites (tertiary alicyclic amines) is 1. The zero-order valence-electron chi connectivity index (χ0n) is 15.8. The molecule has 1 unspecified atom stereocenters.